The molecule has 18 heavy (non-hydrogen) atoms. The van der Waals surface area contributed by atoms with Crippen molar-refractivity contribution in [3.8, 4) is 0 Å². The van der Waals surface area contributed by atoms with E-state index in [4.69, 9.17) is 4.42 Å². The molecule has 0 radical (unpaired) electrons. The Labute approximate surface area is 105 Å². The van der Waals surface area contributed by atoms with E-state index >= 15 is 0 Å². The van der Waals surface area contributed by atoms with Crippen LogP contribution in [0.2, 0.25) is 0 Å². The molecule has 1 unspecified atom stereocenters. The Morgan fingerprint density at radius 2 is 2.28 bits per heavy atom. The summed E-state index contributed by atoms with van der Waals surface area (Å²) in [5.74, 6) is 0.965. The summed E-state index contributed by atoms with van der Waals surface area (Å²) >= 11 is 0. The fourth-order valence-electron chi connectivity index (χ4n) is 2.31. The van der Waals surface area contributed by atoms with Gasteiger partial charge >= 0.3 is 0 Å². The van der Waals surface area contributed by atoms with Crippen molar-refractivity contribution < 1.29 is 9.21 Å². The van der Waals surface area contributed by atoms with Gasteiger partial charge in [0.15, 0.2) is 0 Å². The van der Waals surface area contributed by atoms with Gasteiger partial charge in [-0.2, -0.15) is 0 Å². The maximum Gasteiger partial charge on any atom is 0.237 e. The Morgan fingerprint density at radius 3 is 3.11 bits per heavy atom. The van der Waals surface area contributed by atoms with E-state index < -0.39 is 0 Å². The van der Waals surface area contributed by atoms with E-state index in [1.165, 1.54) is 0 Å². The number of para-hydroxylation sites is 1. The highest BCUT2D eigenvalue weighted by molar-refractivity contribution is 5.82. The summed E-state index contributed by atoms with van der Waals surface area (Å²) in [6, 6.07) is 9.85. The van der Waals surface area contributed by atoms with Crippen LogP contribution < -0.4 is 10.6 Å². The average molecular weight is 244 g/mol. The van der Waals surface area contributed by atoms with Gasteiger partial charge in [0, 0.05) is 11.9 Å². The quantitative estimate of drug-likeness (QED) is 0.865. The lowest BCUT2D eigenvalue weighted by Crippen LogP contribution is -2.47. The summed E-state index contributed by atoms with van der Waals surface area (Å²) in [6.07, 6.45) is 1.93. The van der Waals surface area contributed by atoms with Crippen LogP contribution in [0.4, 0.5) is 0 Å². The molecule has 3 rings (SSSR count). The third-order valence-corrected chi connectivity index (χ3v) is 3.28. The second-order valence-corrected chi connectivity index (χ2v) is 4.62. The summed E-state index contributed by atoms with van der Waals surface area (Å²) in [7, 11) is 0. The van der Waals surface area contributed by atoms with Crippen LogP contribution in [0, 0.1) is 0 Å². The van der Waals surface area contributed by atoms with Crippen LogP contribution in [0.25, 0.3) is 11.0 Å². The number of carbonyl (C=O) groups is 1. The van der Waals surface area contributed by atoms with Crippen LogP contribution in [0.3, 0.4) is 0 Å². The maximum absolute atomic E-state index is 11.6. The fraction of sp³-hybridized carbons (Fsp3) is 0.357. The van der Waals surface area contributed by atoms with Gasteiger partial charge in [0.25, 0.3) is 0 Å². The molecule has 1 aromatic heterocycles. The van der Waals surface area contributed by atoms with E-state index in [-0.39, 0.29) is 11.9 Å². The summed E-state index contributed by atoms with van der Waals surface area (Å²) in [5, 5.41) is 7.21. The first-order valence-electron chi connectivity index (χ1n) is 6.31. The second-order valence-electron chi connectivity index (χ2n) is 4.62. The number of benzene rings is 1. The van der Waals surface area contributed by atoms with Crippen LogP contribution in [0.5, 0.6) is 0 Å². The molecule has 0 aliphatic carbocycles. The number of rotatable bonds is 3. The van der Waals surface area contributed by atoms with E-state index in [1.54, 1.807) is 0 Å². The van der Waals surface area contributed by atoms with Crippen molar-refractivity contribution in [1.29, 1.82) is 0 Å². The largest absolute Gasteiger partial charge is 0.460 e. The van der Waals surface area contributed by atoms with Crippen molar-refractivity contribution >= 4 is 16.9 Å². The molecule has 1 aliphatic rings. The standard InChI is InChI=1S/C14H16N2O2/c17-14-12(5-3-7-15-14)16-9-11-8-10-4-1-2-6-13(10)18-11/h1-2,4,6,8,12,16H,3,5,7,9H2,(H,15,17). The number of carbonyl (C=O) groups excluding carboxylic acids is 1. The van der Waals surface area contributed by atoms with Gasteiger partial charge in [0.1, 0.15) is 11.3 Å². The van der Waals surface area contributed by atoms with Crippen LogP contribution in [-0.4, -0.2) is 18.5 Å². The summed E-state index contributed by atoms with van der Waals surface area (Å²) in [5.41, 5.74) is 0.891. The highest BCUT2D eigenvalue weighted by atomic mass is 16.3. The molecule has 1 aromatic carbocycles. The smallest absolute Gasteiger partial charge is 0.237 e. The minimum Gasteiger partial charge on any atom is -0.460 e. The van der Waals surface area contributed by atoms with Crippen LogP contribution in [-0.2, 0) is 11.3 Å². The first-order chi connectivity index (χ1) is 8.83. The van der Waals surface area contributed by atoms with Gasteiger partial charge in [0.05, 0.1) is 12.6 Å². The summed E-state index contributed by atoms with van der Waals surface area (Å²) < 4.78 is 5.70. The van der Waals surface area contributed by atoms with Crippen LogP contribution >= 0.6 is 0 Å². The Kier molecular flexibility index (Phi) is 3.02. The molecule has 2 heterocycles. The highest BCUT2D eigenvalue weighted by Crippen LogP contribution is 2.18. The van der Waals surface area contributed by atoms with Crippen LogP contribution in [0.15, 0.2) is 34.7 Å². The molecule has 1 saturated heterocycles. The highest BCUT2D eigenvalue weighted by Gasteiger charge is 2.21. The Morgan fingerprint density at radius 1 is 1.39 bits per heavy atom. The molecule has 1 fully saturated rings. The van der Waals surface area contributed by atoms with Crippen molar-refractivity contribution in [1.82, 2.24) is 10.6 Å². The van der Waals surface area contributed by atoms with Gasteiger partial charge in [-0.3, -0.25) is 10.1 Å². The fourth-order valence-corrected chi connectivity index (χ4v) is 2.31. The van der Waals surface area contributed by atoms with Crippen molar-refractivity contribution in [2.24, 2.45) is 0 Å². The van der Waals surface area contributed by atoms with Crippen molar-refractivity contribution in [2.75, 3.05) is 6.54 Å². The predicted molar refractivity (Wildman–Crippen MR) is 69.1 cm³/mol. The van der Waals surface area contributed by atoms with Crippen LogP contribution in [0.1, 0.15) is 18.6 Å². The van der Waals surface area contributed by atoms with E-state index in [0.29, 0.717) is 6.54 Å². The van der Waals surface area contributed by atoms with Gasteiger partial charge < -0.3 is 9.73 Å². The molecule has 0 spiro atoms. The zero-order chi connectivity index (χ0) is 12.4. The molecule has 2 N–H and O–H groups in total. The molecular formula is C14H16N2O2. The molecule has 1 amide bonds. The number of amides is 1. The second kappa shape index (κ2) is 4.82. The Balaban J connectivity index is 1.67. The third-order valence-electron chi connectivity index (χ3n) is 3.28. The number of nitrogens with one attached hydrogen (secondary N) is 2. The predicted octanol–water partition coefficient (Wildman–Crippen LogP) is 1.80. The zero-order valence-corrected chi connectivity index (χ0v) is 10.1. The molecule has 0 bridgehead atoms. The first kappa shape index (κ1) is 11.3. The van der Waals surface area contributed by atoms with Gasteiger partial charge in [-0.15, -0.1) is 0 Å². The molecule has 1 aliphatic heterocycles. The van der Waals surface area contributed by atoms with Crippen molar-refractivity contribution in [3.05, 3.63) is 36.1 Å². The monoisotopic (exact) mass is 244 g/mol. The number of fused-ring (bicyclic) bond motifs is 1. The van der Waals surface area contributed by atoms with Gasteiger partial charge in [0.2, 0.25) is 5.91 Å². The normalized spacial score (nSPS) is 20.0. The Hall–Kier alpha value is -1.81. The molecule has 4 nitrogen and oxygen atoms in total. The molecule has 94 valence electrons. The molecular weight excluding hydrogens is 228 g/mol. The summed E-state index contributed by atoms with van der Waals surface area (Å²) in [4.78, 5) is 11.6. The van der Waals surface area contributed by atoms with Gasteiger partial charge in [-0.1, -0.05) is 18.2 Å². The van der Waals surface area contributed by atoms with E-state index in [2.05, 4.69) is 10.6 Å². The molecule has 4 heteroatoms. The number of hydrogen-bond donors (Lipinski definition) is 2. The van der Waals surface area contributed by atoms with E-state index in [1.807, 2.05) is 30.3 Å². The summed E-state index contributed by atoms with van der Waals surface area (Å²) in [6.45, 7) is 1.38. The van der Waals surface area contributed by atoms with Crippen molar-refractivity contribution in [3.63, 3.8) is 0 Å². The topological polar surface area (TPSA) is 54.3 Å². The molecule has 2 aromatic rings. The lowest BCUT2D eigenvalue weighted by atomic mass is 10.1. The van der Waals surface area contributed by atoms with E-state index in [9.17, 15) is 4.79 Å². The van der Waals surface area contributed by atoms with Gasteiger partial charge in [-0.25, -0.2) is 0 Å². The van der Waals surface area contributed by atoms with E-state index in [0.717, 1.165) is 36.1 Å². The number of hydrogen-bond acceptors (Lipinski definition) is 3. The zero-order valence-electron chi connectivity index (χ0n) is 10.1. The van der Waals surface area contributed by atoms with Gasteiger partial charge in [-0.05, 0) is 25.0 Å². The first-order valence-corrected chi connectivity index (χ1v) is 6.31. The average Bonchev–Trinajstić information content (AvgIpc) is 2.80. The third kappa shape index (κ3) is 2.24. The number of piperidine rings is 1. The maximum atomic E-state index is 11.6. The lowest BCUT2D eigenvalue weighted by Gasteiger charge is -2.22. The molecule has 1 atom stereocenters. The minimum absolute atomic E-state index is 0.0908. The number of furan rings is 1. The van der Waals surface area contributed by atoms with Crippen molar-refractivity contribution in [2.45, 2.75) is 25.4 Å². The SMILES string of the molecule is O=C1NCCCC1NCc1cc2ccccc2o1. The molecule has 0 saturated carbocycles. The Bertz CT molecular complexity index is 529. The minimum atomic E-state index is -0.0908. The lowest BCUT2D eigenvalue weighted by molar-refractivity contribution is -0.124.